The normalized spacial score (nSPS) is 15.1. The van der Waals surface area contributed by atoms with Crippen molar-refractivity contribution in [1.29, 1.82) is 0 Å². The molecule has 1 aromatic carbocycles. The number of ether oxygens (including phenoxy) is 1. The Bertz CT molecular complexity index is 1310. The lowest BCUT2D eigenvalue weighted by Gasteiger charge is -2.21. The Morgan fingerprint density at radius 3 is 2.43 bits per heavy atom. The average molecular weight is 494 g/mol. The predicted molar refractivity (Wildman–Crippen MR) is 138 cm³/mol. The third-order valence-electron chi connectivity index (χ3n) is 5.78. The van der Waals surface area contributed by atoms with E-state index in [-0.39, 0.29) is 18.3 Å². The third kappa shape index (κ3) is 5.05. The molecule has 1 atom stereocenters. The van der Waals surface area contributed by atoms with Gasteiger partial charge in [0, 0.05) is 28.1 Å². The number of carbonyl (C=O) groups is 2. The number of aryl methyl sites for hydroxylation is 2. The maximum Gasteiger partial charge on any atom is 0.308 e. The number of hydrogen-bond acceptors (Lipinski definition) is 7. The maximum atomic E-state index is 12.8. The molecule has 1 aliphatic heterocycles. The van der Waals surface area contributed by atoms with Crippen LogP contribution in [-0.2, 0) is 14.3 Å². The van der Waals surface area contributed by atoms with E-state index in [1.165, 1.54) is 4.88 Å². The monoisotopic (exact) mass is 493 g/mol. The number of aliphatic imine (C=N–C) groups is 1. The summed E-state index contributed by atoms with van der Waals surface area (Å²) in [6.07, 6.45) is 0.465. The van der Waals surface area contributed by atoms with Gasteiger partial charge in [-0.2, -0.15) is 0 Å². The standard InChI is InChI=1S/C26H31N5O3S/c1-8-20(32)27-18-11-9-17(10-12-18)23-22-14(2)15(3)35-25(22)31-16(4)29-30-24(31)19(28-23)13-21(33)34-26(5,6)7/h9-12,19H,8,13H2,1-7H3,(H,27,32). The van der Waals surface area contributed by atoms with Crippen molar-refractivity contribution in [2.24, 2.45) is 4.99 Å². The SMILES string of the molecule is CCC(=O)Nc1ccc(C2=NC(CC(=O)OC(C)(C)C)c3nnc(C)n3-c3sc(C)c(C)c32)cc1. The highest BCUT2D eigenvalue weighted by atomic mass is 32.1. The summed E-state index contributed by atoms with van der Waals surface area (Å²) in [4.78, 5) is 30.9. The summed E-state index contributed by atoms with van der Waals surface area (Å²) in [5.41, 5.74) is 3.95. The Kier molecular flexibility index (Phi) is 6.64. The first kappa shape index (κ1) is 24.8. The summed E-state index contributed by atoms with van der Waals surface area (Å²) in [6, 6.07) is 7.09. The minimum atomic E-state index is -0.594. The van der Waals surface area contributed by atoms with Gasteiger partial charge in [0.05, 0.1) is 12.1 Å². The van der Waals surface area contributed by atoms with Gasteiger partial charge in [-0.3, -0.25) is 19.1 Å². The lowest BCUT2D eigenvalue weighted by molar-refractivity contribution is -0.155. The number of amides is 1. The first-order chi connectivity index (χ1) is 16.5. The van der Waals surface area contributed by atoms with E-state index in [0.29, 0.717) is 12.2 Å². The van der Waals surface area contributed by atoms with Crippen molar-refractivity contribution in [2.75, 3.05) is 5.32 Å². The van der Waals surface area contributed by atoms with E-state index < -0.39 is 11.6 Å². The largest absolute Gasteiger partial charge is 0.460 e. The number of rotatable bonds is 5. The van der Waals surface area contributed by atoms with Gasteiger partial charge < -0.3 is 10.1 Å². The van der Waals surface area contributed by atoms with Crippen molar-refractivity contribution in [1.82, 2.24) is 14.8 Å². The zero-order valence-electron chi connectivity index (χ0n) is 21.2. The number of fused-ring (bicyclic) bond motifs is 3. The molecule has 0 fully saturated rings. The molecule has 4 rings (SSSR count). The molecule has 0 bridgehead atoms. The topological polar surface area (TPSA) is 98.5 Å². The second-order valence-corrected chi connectivity index (χ2v) is 10.9. The van der Waals surface area contributed by atoms with Gasteiger partial charge >= 0.3 is 5.97 Å². The molecule has 0 aliphatic carbocycles. The van der Waals surface area contributed by atoms with Gasteiger partial charge in [-0.05, 0) is 59.2 Å². The van der Waals surface area contributed by atoms with Crippen molar-refractivity contribution in [3.8, 4) is 5.00 Å². The maximum absolute atomic E-state index is 12.8. The Morgan fingerprint density at radius 2 is 1.80 bits per heavy atom. The minimum absolute atomic E-state index is 0.0398. The van der Waals surface area contributed by atoms with E-state index >= 15 is 0 Å². The summed E-state index contributed by atoms with van der Waals surface area (Å²) < 4.78 is 7.62. The predicted octanol–water partition coefficient (Wildman–Crippen LogP) is 5.23. The zero-order valence-corrected chi connectivity index (χ0v) is 22.0. The average Bonchev–Trinajstić information content (AvgIpc) is 3.25. The number of thiophene rings is 1. The van der Waals surface area contributed by atoms with Crippen LogP contribution >= 0.6 is 11.3 Å². The fourth-order valence-electron chi connectivity index (χ4n) is 4.03. The van der Waals surface area contributed by atoms with Crippen molar-refractivity contribution < 1.29 is 14.3 Å². The number of nitrogens with zero attached hydrogens (tertiary/aromatic N) is 4. The molecule has 35 heavy (non-hydrogen) atoms. The lowest BCUT2D eigenvalue weighted by Crippen LogP contribution is -2.25. The summed E-state index contributed by atoms with van der Waals surface area (Å²) in [5.74, 6) is 0.985. The summed E-state index contributed by atoms with van der Waals surface area (Å²) in [5, 5.41) is 12.6. The highest BCUT2D eigenvalue weighted by molar-refractivity contribution is 7.15. The van der Waals surface area contributed by atoms with Crippen LogP contribution in [0, 0.1) is 20.8 Å². The molecule has 9 heteroatoms. The minimum Gasteiger partial charge on any atom is -0.460 e. The number of aromatic nitrogens is 3. The molecule has 1 unspecified atom stereocenters. The molecular weight excluding hydrogens is 462 g/mol. The van der Waals surface area contributed by atoms with Gasteiger partial charge in [-0.1, -0.05) is 19.1 Å². The molecule has 1 aliphatic rings. The molecule has 1 N–H and O–H groups in total. The summed E-state index contributed by atoms with van der Waals surface area (Å²) in [6.45, 7) is 13.5. The van der Waals surface area contributed by atoms with Crippen molar-refractivity contribution in [2.45, 2.75) is 73.0 Å². The number of nitrogens with one attached hydrogen (secondary N) is 1. The highest BCUT2D eigenvalue weighted by Gasteiger charge is 2.33. The van der Waals surface area contributed by atoms with E-state index in [1.54, 1.807) is 11.3 Å². The fraction of sp³-hybridized carbons (Fsp3) is 0.423. The molecule has 0 saturated heterocycles. The van der Waals surface area contributed by atoms with E-state index in [0.717, 1.165) is 38.9 Å². The van der Waals surface area contributed by atoms with Crippen LogP contribution in [0.15, 0.2) is 29.3 Å². The van der Waals surface area contributed by atoms with Crippen molar-refractivity contribution in [3.63, 3.8) is 0 Å². The van der Waals surface area contributed by atoms with Gasteiger partial charge in [-0.25, -0.2) is 0 Å². The summed E-state index contributed by atoms with van der Waals surface area (Å²) >= 11 is 1.66. The van der Waals surface area contributed by atoms with Crippen LogP contribution in [0.5, 0.6) is 0 Å². The molecule has 0 radical (unpaired) electrons. The van der Waals surface area contributed by atoms with Crippen LogP contribution in [0.3, 0.4) is 0 Å². The lowest BCUT2D eigenvalue weighted by atomic mass is 9.99. The molecule has 0 spiro atoms. The molecule has 1 amide bonds. The fourth-order valence-corrected chi connectivity index (χ4v) is 5.24. The molecule has 184 valence electrons. The Labute approximate surface area is 209 Å². The number of carbonyl (C=O) groups excluding carboxylic acids is 2. The smallest absolute Gasteiger partial charge is 0.308 e. The van der Waals surface area contributed by atoms with E-state index in [2.05, 4.69) is 29.4 Å². The number of anilines is 1. The number of benzene rings is 1. The summed E-state index contributed by atoms with van der Waals surface area (Å²) in [7, 11) is 0. The van der Waals surface area contributed by atoms with Crippen molar-refractivity contribution >= 4 is 34.6 Å². The highest BCUT2D eigenvalue weighted by Crippen LogP contribution is 2.39. The quantitative estimate of drug-likeness (QED) is 0.491. The molecule has 0 saturated carbocycles. The van der Waals surface area contributed by atoms with Gasteiger partial charge in [0.1, 0.15) is 22.5 Å². The van der Waals surface area contributed by atoms with Crippen LogP contribution in [0.1, 0.15) is 79.8 Å². The van der Waals surface area contributed by atoms with E-state index in [1.807, 2.05) is 63.5 Å². The molecular formula is C26H31N5O3S. The van der Waals surface area contributed by atoms with Crippen LogP contribution in [-0.4, -0.2) is 38.0 Å². The van der Waals surface area contributed by atoms with Crippen LogP contribution in [0.4, 0.5) is 5.69 Å². The van der Waals surface area contributed by atoms with Gasteiger partial charge in [-0.15, -0.1) is 21.5 Å². The number of esters is 1. The molecule has 3 heterocycles. The Hall–Kier alpha value is -3.33. The van der Waals surface area contributed by atoms with Gasteiger partial charge in [0.25, 0.3) is 0 Å². The zero-order chi connectivity index (χ0) is 25.5. The number of hydrogen-bond donors (Lipinski definition) is 1. The second kappa shape index (κ2) is 9.37. The van der Waals surface area contributed by atoms with Crippen LogP contribution < -0.4 is 5.32 Å². The van der Waals surface area contributed by atoms with Crippen molar-refractivity contribution in [3.05, 3.63) is 57.5 Å². The molecule has 8 nitrogen and oxygen atoms in total. The van der Waals surface area contributed by atoms with E-state index in [4.69, 9.17) is 9.73 Å². The van der Waals surface area contributed by atoms with Gasteiger partial charge in [0.15, 0.2) is 5.82 Å². The first-order valence-corrected chi connectivity index (χ1v) is 12.5. The Morgan fingerprint density at radius 1 is 1.11 bits per heavy atom. The van der Waals surface area contributed by atoms with Gasteiger partial charge in [0.2, 0.25) is 5.91 Å². The third-order valence-corrected chi connectivity index (χ3v) is 6.98. The second-order valence-electron chi connectivity index (χ2n) is 9.67. The van der Waals surface area contributed by atoms with Crippen LogP contribution in [0.2, 0.25) is 0 Å². The molecule has 3 aromatic rings. The van der Waals surface area contributed by atoms with E-state index in [9.17, 15) is 9.59 Å². The Balaban J connectivity index is 1.84. The molecule has 2 aromatic heterocycles. The first-order valence-electron chi connectivity index (χ1n) is 11.7. The van der Waals surface area contributed by atoms with Crippen LogP contribution in [0.25, 0.3) is 5.00 Å².